The van der Waals surface area contributed by atoms with E-state index < -0.39 is 0 Å². The molecule has 1 unspecified atom stereocenters. The molecule has 1 atom stereocenters. The zero-order valence-corrected chi connectivity index (χ0v) is 11.4. The van der Waals surface area contributed by atoms with Crippen LogP contribution in [0.5, 0.6) is 0 Å². The Hall–Kier alpha value is -0.600. The lowest BCUT2D eigenvalue weighted by Crippen LogP contribution is -2.26. The van der Waals surface area contributed by atoms with Crippen LogP contribution in [0.25, 0.3) is 0 Å². The molecule has 96 valence electrons. The predicted octanol–water partition coefficient (Wildman–Crippen LogP) is 4.19. The van der Waals surface area contributed by atoms with Crippen LogP contribution in [0.15, 0.2) is 18.2 Å². The zero-order chi connectivity index (χ0) is 12.7. The first-order chi connectivity index (χ1) is 8.15. The predicted molar refractivity (Wildman–Crippen MR) is 72.1 cm³/mol. The van der Waals surface area contributed by atoms with E-state index in [9.17, 15) is 4.39 Å². The number of halogens is 2. The van der Waals surface area contributed by atoms with Gasteiger partial charge in [-0.25, -0.2) is 4.39 Å². The van der Waals surface area contributed by atoms with Crippen molar-refractivity contribution < 1.29 is 4.39 Å². The van der Waals surface area contributed by atoms with Gasteiger partial charge in [0, 0.05) is 6.04 Å². The second-order valence-electron chi connectivity index (χ2n) is 4.46. The van der Waals surface area contributed by atoms with E-state index in [1.54, 1.807) is 6.07 Å². The van der Waals surface area contributed by atoms with E-state index in [0.717, 1.165) is 37.8 Å². The first-order valence-electron chi connectivity index (χ1n) is 6.31. The van der Waals surface area contributed by atoms with Crippen LogP contribution >= 0.6 is 11.6 Å². The highest BCUT2D eigenvalue weighted by Gasteiger charge is 2.06. The summed E-state index contributed by atoms with van der Waals surface area (Å²) in [7, 11) is 0. The van der Waals surface area contributed by atoms with E-state index in [1.165, 1.54) is 6.07 Å². The average molecular weight is 258 g/mol. The normalized spacial score (nSPS) is 12.7. The summed E-state index contributed by atoms with van der Waals surface area (Å²) in [4.78, 5) is 0. The van der Waals surface area contributed by atoms with E-state index in [-0.39, 0.29) is 10.8 Å². The quantitative estimate of drug-likeness (QED) is 0.772. The van der Waals surface area contributed by atoms with Crippen LogP contribution < -0.4 is 5.32 Å². The van der Waals surface area contributed by atoms with Gasteiger partial charge in [0.2, 0.25) is 0 Å². The minimum Gasteiger partial charge on any atom is -0.314 e. The molecule has 0 fully saturated rings. The van der Waals surface area contributed by atoms with Gasteiger partial charge in [0.25, 0.3) is 0 Å². The minimum absolute atomic E-state index is 0.279. The first kappa shape index (κ1) is 14.5. The summed E-state index contributed by atoms with van der Waals surface area (Å²) in [5, 5.41) is 3.72. The van der Waals surface area contributed by atoms with Crippen molar-refractivity contribution in [2.75, 3.05) is 6.54 Å². The summed E-state index contributed by atoms with van der Waals surface area (Å²) >= 11 is 5.90. The number of benzene rings is 1. The molecule has 0 bridgehead atoms. The maximum absolute atomic E-state index is 13.2. The van der Waals surface area contributed by atoms with Crippen LogP contribution in [0.3, 0.4) is 0 Å². The number of nitrogens with one attached hydrogen (secondary N) is 1. The molecule has 0 saturated carbocycles. The molecule has 1 nitrogen and oxygen atoms in total. The Labute approximate surface area is 108 Å². The molecule has 1 N–H and O–H groups in total. The van der Waals surface area contributed by atoms with Crippen molar-refractivity contribution in [1.29, 1.82) is 0 Å². The van der Waals surface area contributed by atoms with Crippen LogP contribution in [-0.4, -0.2) is 12.6 Å². The smallest absolute Gasteiger partial charge is 0.142 e. The zero-order valence-electron chi connectivity index (χ0n) is 10.6. The summed E-state index contributed by atoms with van der Waals surface area (Å²) < 4.78 is 13.2. The molecule has 0 aromatic heterocycles. The second kappa shape index (κ2) is 7.67. The fourth-order valence-corrected chi connectivity index (χ4v) is 2.05. The van der Waals surface area contributed by atoms with Crippen molar-refractivity contribution in [1.82, 2.24) is 5.32 Å². The summed E-state index contributed by atoms with van der Waals surface area (Å²) in [6.07, 6.45) is 4.11. The number of hydrogen-bond acceptors (Lipinski definition) is 1. The van der Waals surface area contributed by atoms with Gasteiger partial charge < -0.3 is 5.32 Å². The Kier molecular flexibility index (Phi) is 6.53. The van der Waals surface area contributed by atoms with Crippen LogP contribution in [0.2, 0.25) is 5.02 Å². The summed E-state index contributed by atoms with van der Waals surface area (Å²) in [5.41, 5.74) is 0.911. The highest BCUT2D eigenvalue weighted by Crippen LogP contribution is 2.21. The van der Waals surface area contributed by atoms with Crippen molar-refractivity contribution in [2.24, 2.45) is 0 Å². The van der Waals surface area contributed by atoms with Crippen LogP contribution in [0.1, 0.15) is 38.7 Å². The van der Waals surface area contributed by atoms with E-state index in [2.05, 4.69) is 19.2 Å². The largest absolute Gasteiger partial charge is 0.314 e. The average Bonchev–Trinajstić information content (AvgIpc) is 2.32. The van der Waals surface area contributed by atoms with Gasteiger partial charge in [-0.05, 0) is 50.8 Å². The molecule has 0 heterocycles. The topological polar surface area (TPSA) is 12.0 Å². The molecule has 0 aliphatic heterocycles. The van der Waals surface area contributed by atoms with Crippen molar-refractivity contribution in [3.05, 3.63) is 34.6 Å². The Morgan fingerprint density at radius 3 is 2.88 bits per heavy atom. The Morgan fingerprint density at radius 2 is 2.18 bits per heavy atom. The summed E-state index contributed by atoms with van der Waals surface area (Å²) in [6.45, 7) is 5.40. The molecule has 0 aliphatic rings. The molecule has 0 aliphatic carbocycles. The lowest BCUT2D eigenvalue weighted by atomic mass is 10.1. The first-order valence-corrected chi connectivity index (χ1v) is 6.69. The molecule has 1 rings (SSSR count). The Balaban J connectivity index is 2.33. The van der Waals surface area contributed by atoms with Gasteiger partial charge in [0.15, 0.2) is 0 Å². The summed E-state index contributed by atoms with van der Waals surface area (Å²) in [5.74, 6) is -0.318. The van der Waals surface area contributed by atoms with Crippen molar-refractivity contribution in [3.63, 3.8) is 0 Å². The maximum Gasteiger partial charge on any atom is 0.142 e. The molecular formula is C14H21ClFN. The molecule has 0 radical (unpaired) electrons. The van der Waals surface area contributed by atoms with E-state index in [1.807, 2.05) is 6.07 Å². The Morgan fingerprint density at radius 1 is 1.41 bits per heavy atom. The van der Waals surface area contributed by atoms with Gasteiger partial charge in [-0.1, -0.05) is 30.7 Å². The molecule has 0 amide bonds. The van der Waals surface area contributed by atoms with Crippen LogP contribution in [0.4, 0.5) is 4.39 Å². The SMILES string of the molecule is CCCNC(C)CCCc1cccc(F)c1Cl. The molecule has 17 heavy (non-hydrogen) atoms. The summed E-state index contributed by atoms with van der Waals surface area (Å²) in [6, 6.07) is 5.53. The van der Waals surface area contributed by atoms with Crippen molar-refractivity contribution in [3.8, 4) is 0 Å². The van der Waals surface area contributed by atoms with Crippen LogP contribution in [0, 0.1) is 5.82 Å². The molecule has 0 saturated heterocycles. The van der Waals surface area contributed by atoms with Gasteiger partial charge in [0.05, 0.1) is 5.02 Å². The second-order valence-corrected chi connectivity index (χ2v) is 4.84. The Bertz CT molecular complexity index is 341. The van der Waals surface area contributed by atoms with Gasteiger partial charge >= 0.3 is 0 Å². The highest BCUT2D eigenvalue weighted by molar-refractivity contribution is 6.31. The van der Waals surface area contributed by atoms with Gasteiger partial charge in [-0.2, -0.15) is 0 Å². The molecule has 1 aromatic carbocycles. The third-order valence-electron chi connectivity index (χ3n) is 2.86. The fraction of sp³-hybridized carbons (Fsp3) is 0.571. The lowest BCUT2D eigenvalue weighted by molar-refractivity contribution is 0.498. The number of rotatable bonds is 7. The van der Waals surface area contributed by atoms with Crippen LogP contribution in [-0.2, 0) is 6.42 Å². The molecule has 3 heteroatoms. The van der Waals surface area contributed by atoms with E-state index in [0.29, 0.717) is 6.04 Å². The molecular weight excluding hydrogens is 237 g/mol. The third-order valence-corrected chi connectivity index (χ3v) is 3.28. The van der Waals surface area contributed by atoms with Crippen molar-refractivity contribution in [2.45, 2.75) is 45.6 Å². The standard InChI is InChI=1S/C14H21ClFN/c1-3-10-17-11(2)6-4-7-12-8-5-9-13(16)14(12)15/h5,8-9,11,17H,3-4,6-7,10H2,1-2H3. The van der Waals surface area contributed by atoms with E-state index >= 15 is 0 Å². The van der Waals surface area contributed by atoms with Gasteiger partial charge in [-0.15, -0.1) is 0 Å². The third kappa shape index (κ3) is 5.05. The molecule has 1 aromatic rings. The fourth-order valence-electron chi connectivity index (χ4n) is 1.83. The number of aryl methyl sites for hydroxylation is 1. The minimum atomic E-state index is -0.318. The number of hydrogen-bond donors (Lipinski definition) is 1. The van der Waals surface area contributed by atoms with Gasteiger partial charge in [0.1, 0.15) is 5.82 Å². The lowest BCUT2D eigenvalue weighted by Gasteiger charge is -2.13. The van der Waals surface area contributed by atoms with Gasteiger partial charge in [-0.3, -0.25) is 0 Å². The van der Waals surface area contributed by atoms with Crippen molar-refractivity contribution >= 4 is 11.6 Å². The molecule has 0 spiro atoms. The van der Waals surface area contributed by atoms with E-state index in [4.69, 9.17) is 11.6 Å². The maximum atomic E-state index is 13.2. The highest BCUT2D eigenvalue weighted by atomic mass is 35.5. The monoisotopic (exact) mass is 257 g/mol.